The number of rotatable bonds is 3. The van der Waals surface area contributed by atoms with Crippen molar-refractivity contribution in [3.63, 3.8) is 0 Å². The van der Waals surface area contributed by atoms with Gasteiger partial charge in [0.05, 0.1) is 4.92 Å². The second-order valence-corrected chi connectivity index (χ2v) is 5.49. The van der Waals surface area contributed by atoms with E-state index in [0.717, 1.165) is 25.3 Å². The number of fused-ring (bicyclic) bond motifs is 3. The van der Waals surface area contributed by atoms with Crippen molar-refractivity contribution in [1.29, 1.82) is 5.26 Å². The van der Waals surface area contributed by atoms with Crippen molar-refractivity contribution >= 4 is 11.4 Å². The predicted octanol–water partition coefficient (Wildman–Crippen LogP) is 1.97. The first-order valence-electron chi connectivity index (χ1n) is 6.85. The normalized spacial score (nSPS) is 27.9. The van der Waals surface area contributed by atoms with Crippen LogP contribution in [0.25, 0.3) is 0 Å². The molecule has 6 heteroatoms. The van der Waals surface area contributed by atoms with Gasteiger partial charge < -0.3 is 10.2 Å². The largest absolute Gasteiger partial charge is 0.381 e. The summed E-state index contributed by atoms with van der Waals surface area (Å²) in [5.41, 5.74) is 0.711. The fourth-order valence-corrected chi connectivity index (χ4v) is 3.21. The standard InChI is InChI=1S/C14H16N4O2/c15-8-11-1-2-12(7-14(11)18(19)20)16-13-9-17-5-3-10(13)4-6-17/h1-2,7,10,13,16H,3-6,9H2. The molecule has 6 nitrogen and oxygen atoms in total. The summed E-state index contributed by atoms with van der Waals surface area (Å²) in [6, 6.07) is 6.95. The Hall–Kier alpha value is -2.13. The van der Waals surface area contributed by atoms with Gasteiger partial charge in [-0.2, -0.15) is 5.26 Å². The average molecular weight is 272 g/mol. The number of piperidine rings is 3. The van der Waals surface area contributed by atoms with Crippen molar-refractivity contribution in [2.45, 2.75) is 18.9 Å². The zero-order valence-corrected chi connectivity index (χ0v) is 11.1. The van der Waals surface area contributed by atoms with Crippen molar-refractivity contribution in [2.24, 2.45) is 5.92 Å². The third-order valence-electron chi connectivity index (χ3n) is 4.32. The van der Waals surface area contributed by atoms with E-state index in [0.29, 0.717) is 12.0 Å². The molecule has 104 valence electrons. The fourth-order valence-electron chi connectivity index (χ4n) is 3.21. The second kappa shape index (κ2) is 5.10. The van der Waals surface area contributed by atoms with Gasteiger partial charge in [0.2, 0.25) is 0 Å². The van der Waals surface area contributed by atoms with Crippen molar-refractivity contribution in [3.8, 4) is 6.07 Å². The van der Waals surface area contributed by atoms with Gasteiger partial charge in [-0.05, 0) is 44.0 Å². The van der Waals surface area contributed by atoms with Gasteiger partial charge in [0.1, 0.15) is 11.6 Å². The summed E-state index contributed by atoms with van der Waals surface area (Å²) >= 11 is 0. The molecule has 3 saturated heterocycles. The third kappa shape index (κ3) is 2.32. The molecule has 1 atom stereocenters. The first kappa shape index (κ1) is 12.9. The Balaban J connectivity index is 1.80. The molecule has 1 unspecified atom stereocenters. The van der Waals surface area contributed by atoms with Gasteiger partial charge in [0, 0.05) is 24.3 Å². The molecule has 3 fully saturated rings. The number of anilines is 1. The minimum absolute atomic E-state index is 0.106. The monoisotopic (exact) mass is 272 g/mol. The number of nitro benzene ring substituents is 1. The van der Waals surface area contributed by atoms with Crippen molar-refractivity contribution < 1.29 is 4.92 Å². The van der Waals surface area contributed by atoms with Gasteiger partial charge in [0.15, 0.2) is 0 Å². The van der Waals surface area contributed by atoms with Crippen LogP contribution < -0.4 is 5.32 Å². The Morgan fingerprint density at radius 1 is 1.40 bits per heavy atom. The molecule has 1 aromatic rings. The molecule has 0 aromatic heterocycles. The Bertz CT molecular complexity index is 573. The maximum Gasteiger partial charge on any atom is 0.289 e. The van der Waals surface area contributed by atoms with E-state index in [9.17, 15) is 10.1 Å². The molecule has 0 amide bonds. The summed E-state index contributed by atoms with van der Waals surface area (Å²) in [5.74, 6) is 0.648. The summed E-state index contributed by atoms with van der Waals surface area (Å²) in [5, 5.41) is 23.3. The zero-order valence-electron chi connectivity index (χ0n) is 11.1. The van der Waals surface area contributed by atoms with E-state index in [1.807, 2.05) is 6.07 Å². The molecule has 0 saturated carbocycles. The van der Waals surface area contributed by atoms with Crippen LogP contribution in [0.2, 0.25) is 0 Å². The topological polar surface area (TPSA) is 82.2 Å². The average Bonchev–Trinajstić information content (AvgIpc) is 2.48. The number of benzene rings is 1. The lowest BCUT2D eigenvalue weighted by atomic mass is 9.84. The molecule has 0 aliphatic carbocycles. The van der Waals surface area contributed by atoms with Gasteiger partial charge in [-0.15, -0.1) is 0 Å². The smallest absolute Gasteiger partial charge is 0.289 e. The summed E-state index contributed by atoms with van der Waals surface area (Å²) in [7, 11) is 0. The van der Waals surface area contributed by atoms with E-state index in [-0.39, 0.29) is 11.3 Å². The summed E-state index contributed by atoms with van der Waals surface area (Å²) < 4.78 is 0. The Kier molecular flexibility index (Phi) is 3.28. The predicted molar refractivity (Wildman–Crippen MR) is 74.4 cm³/mol. The highest BCUT2D eigenvalue weighted by atomic mass is 16.6. The number of nitro groups is 1. The second-order valence-electron chi connectivity index (χ2n) is 5.49. The first-order valence-corrected chi connectivity index (χ1v) is 6.85. The molecule has 2 bridgehead atoms. The molecule has 3 heterocycles. The van der Waals surface area contributed by atoms with Gasteiger partial charge in [-0.3, -0.25) is 10.1 Å². The number of nitrogens with one attached hydrogen (secondary N) is 1. The third-order valence-corrected chi connectivity index (χ3v) is 4.32. The highest BCUT2D eigenvalue weighted by molar-refractivity contribution is 5.59. The molecule has 1 aromatic carbocycles. The zero-order chi connectivity index (χ0) is 14.1. The van der Waals surface area contributed by atoms with E-state index in [1.54, 1.807) is 6.07 Å². The lowest BCUT2D eigenvalue weighted by Crippen LogP contribution is -2.53. The molecular weight excluding hydrogens is 256 g/mol. The fraction of sp³-hybridized carbons (Fsp3) is 0.500. The minimum atomic E-state index is -0.500. The lowest BCUT2D eigenvalue weighted by Gasteiger charge is -2.45. The lowest BCUT2D eigenvalue weighted by molar-refractivity contribution is -0.385. The molecule has 1 N–H and O–H groups in total. The summed E-state index contributed by atoms with van der Waals surface area (Å²) in [6.07, 6.45) is 2.38. The maximum absolute atomic E-state index is 11.0. The van der Waals surface area contributed by atoms with Crippen LogP contribution in [0, 0.1) is 27.4 Å². The van der Waals surface area contributed by atoms with Crippen LogP contribution in [0.3, 0.4) is 0 Å². The Labute approximate surface area is 117 Å². The van der Waals surface area contributed by atoms with E-state index < -0.39 is 4.92 Å². The highest BCUT2D eigenvalue weighted by Gasteiger charge is 2.34. The van der Waals surface area contributed by atoms with E-state index >= 15 is 0 Å². The maximum atomic E-state index is 11.0. The highest BCUT2D eigenvalue weighted by Crippen LogP contribution is 2.31. The SMILES string of the molecule is N#Cc1ccc(NC2CN3CCC2CC3)cc1[N+](=O)[O-]. The van der Waals surface area contributed by atoms with Crippen LogP contribution >= 0.6 is 0 Å². The van der Waals surface area contributed by atoms with Crippen LogP contribution in [0.15, 0.2) is 18.2 Å². The van der Waals surface area contributed by atoms with Crippen LogP contribution in [-0.4, -0.2) is 35.5 Å². The molecule has 3 aliphatic rings. The van der Waals surface area contributed by atoms with Crippen LogP contribution in [-0.2, 0) is 0 Å². The number of hydrogen-bond donors (Lipinski definition) is 1. The Morgan fingerprint density at radius 2 is 2.15 bits per heavy atom. The minimum Gasteiger partial charge on any atom is -0.381 e. The number of hydrogen-bond acceptors (Lipinski definition) is 5. The van der Waals surface area contributed by atoms with Crippen LogP contribution in [0.1, 0.15) is 18.4 Å². The molecule has 20 heavy (non-hydrogen) atoms. The van der Waals surface area contributed by atoms with Gasteiger partial charge >= 0.3 is 0 Å². The molecule has 0 spiro atoms. The number of nitriles is 1. The Morgan fingerprint density at radius 3 is 2.70 bits per heavy atom. The van der Waals surface area contributed by atoms with Crippen molar-refractivity contribution in [3.05, 3.63) is 33.9 Å². The van der Waals surface area contributed by atoms with Crippen molar-refractivity contribution in [2.75, 3.05) is 25.0 Å². The molecule has 3 aliphatic heterocycles. The quantitative estimate of drug-likeness (QED) is 0.672. The van der Waals surface area contributed by atoms with Crippen LogP contribution in [0.4, 0.5) is 11.4 Å². The van der Waals surface area contributed by atoms with Gasteiger partial charge in [0.25, 0.3) is 5.69 Å². The summed E-state index contributed by atoms with van der Waals surface area (Å²) in [6.45, 7) is 3.32. The van der Waals surface area contributed by atoms with Gasteiger partial charge in [-0.1, -0.05) is 0 Å². The first-order chi connectivity index (χ1) is 9.67. The van der Waals surface area contributed by atoms with E-state index in [1.165, 1.54) is 25.0 Å². The summed E-state index contributed by atoms with van der Waals surface area (Å²) in [4.78, 5) is 12.9. The van der Waals surface area contributed by atoms with Crippen LogP contribution in [0.5, 0.6) is 0 Å². The molecular formula is C14H16N4O2. The van der Waals surface area contributed by atoms with Crippen molar-refractivity contribution in [1.82, 2.24) is 4.90 Å². The number of nitrogens with zero attached hydrogens (tertiary/aromatic N) is 3. The van der Waals surface area contributed by atoms with Gasteiger partial charge in [-0.25, -0.2) is 0 Å². The molecule has 0 radical (unpaired) electrons. The van der Waals surface area contributed by atoms with E-state index in [4.69, 9.17) is 5.26 Å². The van der Waals surface area contributed by atoms with E-state index in [2.05, 4.69) is 10.2 Å². The molecule has 4 rings (SSSR count).